The molecule has 1 N–H and O–H groups in total. The third-order valence-corrected chi connectivity index (χ3v) is 6.75. The molecule has 4 aromatic rings. The Balaban J connectivity index is 1.71. The number of benzene rings is 2. The molecule has 0 saturated heterocycles. The molecule has 4 rings (SSSR count). The lowest BCUT2D eigenvalue weighted by Gasteiger charge is -2.18. The minimum absolute atomic E-state index is 0.0414. The highest BCUT2D eigenvalue weighted by Crippen LogP contribution is 2.30. The quantitative estimate of drug-likeness (QED) is 0.357. The van der Waals surface area contributed by atoms with Gasteiger partial charge in [0.2, 0.25) is 11.1 Å². The number of para-hydroxylation sites is 1. The number of carbonyl (C=O) groups is 1. The highest BCUT2D eigenvalue weighted by Gasteiger charge is 2.23. The number of thioether (sulfide) groups is 1. The summed E-state index contributed by atoms with van der Waals surface area (Å²) in [6.07, 6.45) is 2.58. The number of amides is 1. The number of nitrogens with zero attached hydrogens (tertiary/aromatic N) is 4. The molecule has 7 heteroatoms. The van der Waals surface area contributed by atoms with Gasteiger partial charge in [-0.1, -0.05) is 80.6 Å². The molecule has 2 atom stereocenters. The molecule has 2 heterocycles. The van der Waals surface area contributed by atoms with Crippen molar-refractivity contribution in [1.82, 2.24) is 25.1 Å². The van der Waals surface area contributed by atoms with Gasteiger partial charge in [-0.2, -0.15) is 0 Å². The molecule has 2 aromatic carbocycles. The number of nitrogens with one attached hydrogen (secondary N) is 1. The standard InChI is InChI=1S/C25H29N5OS/c1-4-11-21(24(31)26-17(3)5-2)32-25-27-23-22(28-29-25)19-14-9-10-15-20(19)30(23)16-18-12-7-6-8-13-18/h6-10,12-15,17,21H,4-5,11,16H2,1-3H3,(H,26,31). The van der Waals surface area contributed by atoms with E-state index in [9.17, 15) is 4.79 Å². The first-order valence-electron chi connectivity index (χ1n) is 11.2. The van der Waals surface area contributed by atoms with Crippen LogP contribution in [0.2, 0.25) is 0 Å². The first-order valence-corrected chi connectivity index (χ1v) is 12.1. The van der Waals surface area contributed by atoms with Gasteiger partial charge in [0.05, 0.1) is 10.8 Å². The fraction of sp³-hybridized carbons (Fsp3) is 0.360. The van der Waals surface area contributed by atoms with E-state index < -0.39 is 0 Å². The summed E-state index contributed by atoms with van der Waals surface area (Å²) in [6.45, 7) is 6.88. The number of hydrogen-bond acceptors (Lipinski definition) is 5. The molecule has 6 nitrogen and oxygen atoms in total. The van der Waals surface area contributed by atoms with Crippen molar-refractivity contribution in [1.29, 1.82) is 0 Å². The predicted octanol–water partition coefficient (Wildman–Crippen LogP) is 5.20. The van der Waals surface area contributed by atoms with Crippen LogP contribution in [0.25, 0.3) is 22.1 Å². The molecule has 0 aliphatic rings. The second-order valence-electron chi connectivity index (χ2n) is 8.07. The summed E-state index contributed by atoms with van der Waals surface area (Å²) in [4.78, 5) is 17.7. The van der Waals surface area contributed by atoms with Crippen molar-refractivity contribution < 1.29 is 4.79 Å². The number of carbonyl (C=O) groups excluding carboxylic acids is 1. The highest BCUT2D eigenvalue weighted by atomic mass is 32.2. The van der Waals surface area contributed by atoms with Crippen molar-refractivity contribution >= 4 is 39.7 Å². The van der Waals surface area contributed by atoms with Crippen molar-refractivity contribution in [2.45, 2.75) is 63.0 Å². The molecule has 2 unspecified atom stereocenters. The SMILES string of the molecule is CCCC(Sc1nnc2c3ccccc3n(Cc3ccccc3)c2n1)C(=O)NC(C)CC. The maximum Gasteiger partial charge on any atom is 0.233 e. The van der Waals surface area contributed by atoms with Gasteiger partial charge in [0.25, 0.3) is 0 Å². The third kappa shape index (κ3) is 4.78. The Bertz CT molecular complexity index is 1210. The average Bonchev–Trinajstić information content (AvgIpc) is 3.12. The summed E-state index contributed by atoms with van der Waals surface area (Å²) in [6, 6.07) is 18.7. The van der Waals surface area contributed by atoms with Crippen LogP contribution >= 0.6 is 11.8 Å². The predicted molar refractivity (Wildman–Crippen MR) is 131 cm³/mol. The normalized spacial score (nSPS) is 13.3. The number of hydrogen-bond donors (Lipinski definition) is 1. The fourth-order valence-electron chi connectivity index (χ4n) is 3.74. The Hall–Kier alpha value is -2.93. The minimum atomic E-state index is -0.236. The summed E-state index contributed by atoms with van der Waals surface area (Å²) < 4.78 is 2.19. The summed E-state index contributed by atoms with van der Waals surface area (Å²) in [7, 11) is 0. The highest BCUT2D eigenvalue weighted by molar-refractivity contribution is 8.00. The average molecular weight is 448 g/mol. The van der Waals surface area contributed by atoms with Gasteiger partial charge in [-0.15, -0.1) is 10.2 Å². The van der Waals surface area contributed by atoms with Crippen molar-refractivity contribution in [3.05, 3.63) is 60.2 Å². The van der Waals surface area contributed by atoms with Crippen LogP contribution in [0.3, 0.4) is 0 Å². The maximum absolute atomic E-state index is 12.8. The van der Waals surface area contributed by atoms with Crippen molar-refractivity contribution in [2.24, 2.45) is 0 Å². The Labute approximate surface area is 192 Å². The Morgan fingerprint density at radius 3 is 2.56 bits per heavy atom. The van der Waals surface area contributed by atoms with E-state index in [1.54, 1.807) is 0 Å². The van der Waals surface area contributed by atoms with Gasteiger partial charge in [0.1, 0.15) is 5.52 Å². The third-order valence-electron chi connectivity index (χ3n) is 5.63. The molecule has 0 aliphatic heterocycles. The van der Waals surface area contributed by atoms with Crippen LogP contribution in [0, 0.1) is 0 Å². The lowest BCUT2D eigenvalue weighted by Crippen LogP contribution is -2.38. The molecule has 1 amide bonds. The van der Waals surface area contributed by atoms with Crippen molar-refractivity contribution in [3.8, 4) is 0 Å². The molecule has 0 spiro atoms. The van der Waals surface area contributed by atoms with Gasteiger partial charge in [0.15, 0.2) is 5.65 Å². The van der Waals surface area contributed by atoms with Gasteiger partial charge in [-0.05, 0) is 31.4 Å². The molecule has 0 bridgehead atoms. The number of aromatic nitrogens is 4. The zero-order valence-corrected chi connectivity index (χ0v) is 19.6. The number of fused-ring (bicyclic) bond motifs is 3. The Morgan fingerprint density at radius 1 is 1.06 bits per heavy atom. The Kier molecular flexibility index (Phi) is 7.05. The first kappa shape index (κ1) is 22.3. The van der Waals surface area contributed by atoms with E-state index >= 15 is 0 Å². The molecule has 0 aliphatic carbocycles. The summed E-state index contributed by atoms with van der Waals surface area (Å²) in [5.41, 5.74) is 3.86. The Morgan fingerprint density at radius 2 is 1.81 bits per heavy atom. The van der Waals surface area contributed by atoms with E-state index in [-0.39, 0.29) is 17.2 Å². The van der Waals surface area contributed by atoms with Crippen LogP contribution < -0.4 is 5.32 Å². The maximum atomic E-state index is 12.8. The van der Waals surface area contributed by atoms with Crippen LogP contribution in [0.5, 0.6) is 0 Å². The second kappa shape index (κ2) is 10.1. The lowest BCUT2D eigenvalue weighted by atomic mass is 10.2. The monoisotopic (exact) mass is 447 g/mol. The van der Waals surface area contributed by atoms with Crippen LogP contribution in [0.1, 0.15) is 45.6 Å². The smallest absolute Gasteiger partial charge is 0.233 e. The van der Waals surface area contributed by atoms with Gasteiger partial charge in [-0.3, -0.25) is 4.79 Å². The molecule has 32 heavy (non-hydrogen) atoms. The molecule has 2 aromatic heterocycles. The molecular formula is C25H29N5OS. The van der Waals surface area contributed by atoms with Crippen LogP contribution in [-0.4, -0.2) is 36.9 Å². The molecular weight excluding hydrogens is 418 g/mol. The first-order chi connectivity index (χ1) is 15.6. The van der Waals surface area contributed by atoms with Gasteiger partial charge < -0.3 is 9.88 Å². The molecule has 0 saturated carbocycles. The van der Waals surface area contributed by atoms with Gasteiger partial charge in [-0.25, -0.2) is 4.98 Å². The second-order valence-corrected chi connectivity index (χ2v) is 9.24. The van der Waals surface area contributed by atoms with E-state index in [1.807, 2.05) is 37.3 Å². The summed E-state index contributed by atoms with van der Waals surface area (Å²) in [5.74, 6) is 0.0414. The topological polar surface area (TPSA) is 72.7 Å². The van der Waals surface area contributed by atoms with E-state index in [1.165, 1.54) is 17.3 Å². The molecule has 166 valence electrons. The summed E-state index contributed by atoms with van der Waals surface area (Å²) in [5, 5.41) is 13.4. The number of rotatable bonds is 9. The van der Waals surface area contributed by atoms with E-state index in [4.69, 9.17) is 4.98 Å². The largest absolute Gasteiger partial charge is 0.353 e. The van der Waals surface area contributed by atoms with Crippen LogP contribution in [-0.2, 0) is 11.3 Å². The van der Waals surface area contributed by atoms with Crippen molar-refractivity contribution in [2.75, 3.05) is 0 Å². The van der Waals surface area contributed by atoms with E-state index in [0.29, 0.717) is 11.7 Å². The zero-order chi connectivity index (χ0) is 22.5. The summed E-state index contributed by atoms with van der Waals surface area (Å²) >= 11 is 1.40. The van der Waals surface area contributed by atoms with E-state index in [2.05, 4.69) is 58.2 Å². The van der Waals surface area contributed by atoms with Crippen molar-refractivity contribution in [3.63, 3.8) is 0 Å². The zero-order valence-electron chi connectivity index (χ0n) is 18.8. The molecule has 0 fully saturated rings. The minimum Gasteiger partial charge on any atom is -0.353 e. The fourth-order valence-corrected chi connectivity index (χ4v) is 4.75. The van der Waals surface area contributed by atoms with Gasteiger partial charge in [0, 0.05) is 18.0 Å². The lowest BCUT2D eigenvalue weighted by molar-refractivity contribution is -0.121. The van der Waals surface area contributed by atoms with Crippen LogP contribution in [0.15, 0.2) is 59.8 Å². The van der Waals surface area contributed by atoms with Gasteiger partial charge >= 0.3 is 0 Å². The molecule has 0 radical (unpaired) electrons. The van der Waals surface area contributed by atoms with E-state index in [0.717, 1.165) is 41.3 Å². The van der Waals surface area contributed by atoms with Crippen LogP contribution in [0.4, 0.5) is 0 Å².